The molecule has 6 nitrogen and oxygen atoms in total. The number of carbonyl (C=O) groups is 1. The van der Waals surface area contributed by atoms with Crippen LogP contribution in [0.25, 0.3) is 11.2 Å². The molecular weight excluding hydrogens is 360 g/mol. The Kier molecular flexibility index (Phi) is 4.87. The molecule has 0 aliphatic heterocycles. The molecule has 1 aromatic carbocycles. The molecule has 1 amide bonds. The Labute approximate surface area is 141 Å². The van der Waals surface area contributed by atoms with Gasteiger partial charge < -0.3 is 15.0 Å². The number of amides is 1. The third-order valence-electron chi connectivity index (χ3n) is 3.20. The number of benzene rings is 1. The monoisotopic (exact) mass is 374 g/mol. The normalized spacial score (nSPS) is 10.7. The van der Waals surface area contributed by atoms with Crippen molar-refractivity contribution in [1.29, 1.82) is 0 Å². The van der Waals surface area contributed by atoms with Crippen LogP contribution in [0, 0.1) is 0 Å². The summed E-state index contributed by atoms with van der Waals surface area (Å²) in [5, 5.41) is 2.71. The number of nitrogens with zero attached hydrogens (tertiary/aromatic N) is 2. The summed E-state index contributed by atoms with van der Waals surface area (Å²) < 4.78 is 6.03. The second-order valence-corrected chi connectivity index (χ2v) is 5.86. The number of fused-ring (bicyclic) bond motifs is 1. The van der Waals surface area contributed by atoms with Crippen LogP contribution < -0.4 is 5.32 Å². The molecule has 118 valence electrons. The van der Waals surface area contributed by atoms with Crippen LogP contribution in [0.1, 0.15) is 11.4 Å². The van der Waals surface area contributed by atoms with E-state index in [2.05, 4.69) is 36.2 Å². The molecule has 0 aliphatic carbocycles. The number of nitrogens with one attached hydrogen (secondary N) is 2. The van der Waals surface area contributed by atoms with Gasteiger partial charge in [-0.3, -0.25) is 0 Å². The zero-order valence-electron chi connectivity index (χ0n) is 12.3. The highest BCUT2D eigenvalue weighted by atomic mass is 79.9. The molecular formula is C16H15BrN4O2. The van der Waals surface area contributed by atoms with E-state index in [1.165, 1.54) is 0 Å². The molecule has 7 heteroatoms. The summed E-state index contributed by atoms with van der Waals surface area (Å²) in [5.41, 5.74) is 2.48. The van der Waals surface area contributed by atoms with Gasteiger partial charge in [0.2, 0.25) is 0 Å². The first-order valence-electron chi connectivity index (χ1n) is 7.15. The number of halogens is 1. The number of pyridine rings is 1. The predicted molar refractivity (Wildman–Crippen MR) is 89.9 cm³/mol. The lowest BCUT2D eigenvalue weighted by atomic mass is 10.2. The first kappa shape index (κ1) is 15.5. The largest absolute Gasteiger partial charge is 0.445 e. The molecule has 0 fully saturated rings. The zero-order chi connectivity index (χ0) is 16.1. The Morgan fingerprint density at radius 1 is 1.30 bits per heavy atom. The third kappa shape index (κ3) is 4.29. The maximum absolute atomic E-state index is 11.6. The van der Waals surface area contributed by atoms with Gasteiger partial charge in [0.15, 0.2) is 5.65 Å². The molecule has 23 heavy (non-hydrogen) atoms. The Morgan fingerprint density at radius 2 is 2.13 bits per heavy atom. The van der Waals surface area contributed by atoms with Crippen LogP contribution >= 0.6 is 15.9 Å². The maximum Gasteiger partial charge on any atom is 0.407 e. The van der Waals surface area contributed by atoms with E-state index in [1.807, 2.05) is 36.4 Å². The fourth-order valence-corrected chi connectivity index (χ4v) is 2.43. The van der Waals surface area contributed by atoms with Gasteiger partial charge in [0, 0.05) is 23.6 Å². The van der Waals surface area contributed by atoms with Crippen LogP contribution in [0.5, 0.6) is 0 Å². The number of aromatic nitrogens is 3. The first-order chi connectivity index (χ1) is 11.2. The van der Waals surface area contributed by atoms with Crippen LogP contribution in [-0.2, 0) is 17.8 Å². The van der Waals surface area contributed by atoms with Crippen molar-refractivity contribution in [2.75, 3.05) is 6.54 Å². The van der Waals surface area contributed by atoms with Crippen molar-refractivity contribution >= 4 is 33.2 Å². The average molecular weight is 375 g/mol. The van der Waals surface area contributed by atoms with Gasteiger partial charge in [0.1, 0.15) is 12.4 Å². The minimum atomic E-state index is -0.439. The number of carbonyl (C=O) groups excluding carboxylic acids is 1. The molecule has 0 saturated heterocycles. The molecule has 2 aromatic heterocycles. The second-order valence-electron chi connectivity index (χ2n) is 4.95. The van der Waals surface area contributed by atoms with Crippen LogP contribution in [0.2, 0.25) is 0 Å². The Balaban J connectivity index is 1.45. The summed E-state index contributed by atoms with van der Waals surface area (Å²) in [6.07, 6.45) is 1.84. The summed E-state index contributed by atoms with van der Waals surface area (Å²) in [6.45, 7) is 0.698. The Hall–Kier alpha value is -2.41. The highest BCUT2D eigenvalue weighted by Crippen LogP contribution is 2.15. The minimum absolute atomic E-state index is 0.259. The third-order valence-corrected chi connectivity index (χ3v) is 3.63. The van der Waals surface area contributed by atoms with E-state index in [9.17, 15) is 4.79 Å². The number of ether oxygens (including phenoxy) is 1. The predicted octanol–water partition coefficient (Wildman–Crippen LogP) is 3.19. The van der Waals surface area contributed by atoms with Crippen LogP contribution in [0.3, 0.4) is 0 Å². The highest BCUT2D eigenvalue weighted by Gasteiger charge is 2.06. The fourth-order valence-electron chi connectivity index (χ4n) is 2.10. The molecule has 0 spiro atoms. The van der Waals surface area contributed by atoms with E-state index in [0.29, 0.717) is 18.6 Å². The number of hydrogen-bond donors (Lipinski definition) is 2. The van der Waals surface area contributed by atoms with Crippen LogP contribution in [0.4, 0.5) is 4.79 Å². The summed E-state index contributed by atoms with van der Waals surface area (Å²) in [6, 6.07) is 11.5. The number of hydrogen-bond acceptors (Lipinski definition) is 4. The Morgan fingerprint density at radius 3 is 2.96 bits per heavy atom. The van der Waals surface area contributed by atoms with Crippen LogP contribution in [0.15, 0.2) is 47.1 Å². The van der Waals surface area contributed by atoms with Gasteiger partial charge >= 0.3 is 6.09 Å². The van der Waals surface area contributed by atoms with E-state index >= 15 is 0 Å². The topological polar surface area (TPSA) is 79.9 Å². The fraction of sp³-hybridized carbons (Fsp3) is 0.188. The van der Waals surface area contributed by atoms with Gasteiger partial charge in [0.05, 0.1) is 5.52 Å². The lowest BCUT2D eigenvalue weighted by Gasteiger charge is -2.06. The number of imidazole rings is 1. The standard InChI is InChI=1S/C16H15BrN4O2/c17-12-8-13-15(19-9-12)21-14(20-13)6-7-18-16(22)23-10-11-4-2-1-3-5-11/h1-5,8-9H,6-7,10H2,(H,18,22)(H,19,20,21). The van der Waals surface area contributed by atoms with E-state index in [1.54, 1.807) is 6.20 Å². The van der Waals surface area contributed by atoms with Crippen LogP contribution in [-0.4, -0.2) is 27.6 Å². The molecule has 0 saturated carbocycles. The molecule has 2 heterocycles. The molecule has 0 radical (unpaired) electrons. The first-order valence-corrected chi connectivity index (χ1v) is 7.95. The van der Waals surface area contributed by atoms with Gasteiger partial charge in [0.25, 0.3) is 0 Å². The molecule has 0 atom stereocenters. The number of rotatable bonds is 5. The van der Waals surface area contributed by atoms with Crippen molar-refractivity contribution in [3.05, 3.63) is 58.5 Å². The highest BCUT2D eigenvalue weighted by molar-refractivity contribution is 9.10. The van der Waals surface area contributed by atoms with E-state index < -0.39 is 6.09 Å². The van der Waals surface area contributed by atoms with E-state index in [0.717, 1.165) is 21.4 Å². The van der Waals surface area contributed by atoms with E-state index in [-0.39, 0.29) is 6.61 Å². The molecule has 0 aliphatic rings. The minimum Gasteiger partial charge on any atom is -0.445 e. The Bertz CT molecular complexity index is 804. The summed E-state index contributed by atoms with van der Waals surface area (Å²) in [5.74, 6) is 0.772. The van der Waals surface area contributed by atoms with Crippen molar-refractivity contribution in [3.8, 4) is 0 Å². The number of aromatic amines is 1. The van der Waals surface area contributed by atoms with E-state index in [4.69, 9.17) is 4.74 Å². The molecule has 3 aromatic rings. The van der Waals surface area contributed by atoms with Crippen molar-refractivity contribution in [1.82, 2.24) is 20.3 Å². The van der Waals surface area contributed by atoms with Crippen molar-refractivity contribution in [2.45, 2.75) is 13.0 Å². The second kappa shape index (κ2) is 7.23. The molecule has 3 rings (SSSR count). The molecule has 0 unspecified atom stereocenters. The van der Waals surface area contributed by atoms with Crippen molar-refractivity contribution < 1.29 is 9.53 Å². The van der Waals surface area contributed by atoms with Gasteiger partial charge in [-0.15, -0.1) is 0 Å². The van der Waals surface area contributed by atoms with Gasteiger partial charge in [-0.1, -0.05) is 30.3 Å². The summed E-state index contributed by atoms with van der Waals surface area (Å²) in [7, 11) is 0. The van der Waals surface area contributed by atoms with Gasteiger partial charge in [-0.2, -0.15) is 0 Å². The lowest BCUT2D eigenvalue weighted by molar-refractivity contribution is 0.140. The zero-order valence-corrected chi connectivity index (χ0v) is 13.8. The maximum atomic E-state index is 11.6. The molecule has 2 N–H and O–H groups in total. The van der Waals surface area contributed by atoms with Crippen molar-refractivity contribution in [3.63, 3.8) is 0 Å². The summed E-state index contributed by atoms with van der Waals surface area (Å²) >= 11 is 3.37. The average Bonchev–Trinajstić information content (AvgIpc) is 2.95. The SMILES string of the molecule is O=C(NCCc1nc2ncc(Br)cc2[nH]1)OCc1ccccc1. The van der Waals surface area contributed by atoms with Crippen molar-refractivity contribution in [2.24, 2.45) is 0 Å². The number of H-pyrrole nitrogens is 1. The molecule has 0 bridgehead atoms. The lowest BCUT2D eigenvalue weighted by Crippen LogP contribution is -2.26. The summed E-state index contributed by atoms with van der Waals surface area (Å²) in [4.78, 5) is 23.4. The van der Waals surface area contributed by atoms with Gasteiger partial charge in [-0.25, -0.2) is 14.8 Å². The quantitative estimate of drug-likeness (QED) is 0.718. The van der Waals surface area contributed by atoms with Gasteiger partial charge in [-0.05, 0) is 27.6 Å². The number of alkyl carbamates (subject to hydrolysis) is 1. The smallest absolute Gasteiger partial charge is 0.407 e.